The fraction of sp³-hybridized carbons (Fsp3) is 0.0845. The van der Waals surface area contributed by atoms with Gasteiger partial charge < -0.3 is 86.7 Å². The number of ether oxygens (including phenoxy) is 6. The molecule has 474 valence electrons. The molecule has 0 saturated heterocycles. The predicted molar refractivity (Wildman–Crippen MR) is 358 cm³/mol. The average Bonchev–Trinajstić information content (AvgIpc) is 0.837. The van der Waals surface area contributed by atoms with Crippen LogP contribution in [-0.4, -0.2) is 97.8 Å². The molecule has 11 aromatic carbocycles. The third-order valence-electron chi connectivity index (χ3n) is 14.3. The Morgan fingerprint density at radius 3 is 0.849 bits per heavy atom. The first-order chi connectivity index (χ1) is 44.9. The summed E-state index contributed by atoms with van der Waals surface area (Å²) in [6.45, 7) is 0. The Hall–Kier alpha value is -12.9. The number of nitrogen functional groups attached to an aromatic ring is 2. The van der Waals surface area contributed by atoms with Crippen molar-refractivity contribution in [3.8, 4) is 57.5 Å². The number of carboxylic acids is 1. The van der Waals surface area contributed by atoms with Crippen LogP contribution in [-0.2, 0) is 0 Å². The third kappa shape index (κ3) is 15.0. The molecule has 22 heteroatoms. The van der Waals surface area contributed by atoms with Gasteiger partial charge in [-0.15, -0.1) is 0 Å². The molecule has 4 amide bonds. The van der Waals surface area contributed by atoms with Crippen molar-refractivity contribution >= 4 is 96.0 Å². The molecule has 0 saturated carbocycles. The maximum absolute atomic E-state index is 13.1. The van der Waals surface area contributed by atoms with Crippen LogP contribution in [0.1, 0.15) is 51.8 Å². The van der Waals surface area contributed by atoms with Crippen molar-refractivity contribution < 1.29 is 77.9 Å². The highest BCUT2D eigenvalue weighted by Crippen LogP contribution is 2.38. The van der Waals surface area contributed by atoms with Crippen molar-refractivity contribution in [2.45, 2.75) is 0 Å². The highest BCUT2D eigenvalue weighted by atomic mass is 16.5. The van der Waals surface area contributed by atoms with Crippen molar-refractivity contribution in [2.75, 3.05) is 75.4 Å². The van der Waals surface area contributed by atoms with Gasteiger partial charge in [-0.3, -0.25) is 19.2 Å². The van der Waals surface area contributed by atoms with E-state index in [0.29, 0.717) is 73.4 Å². The number of anilines is 6. The molecule has 13 N–H and O–H groups in total. The number of fused-ring (bicyclic) bond motifs is 3. The van der Waals surface area contributed by atoms with E-state index in [2.05, 4.69) is 21.3 Å². The molecule has 0 aromatic heterocycles. The fourth-order valence-corrected chi connectivity index (χ4v) is 9.79. The Balaban J connectivity index is 0.000000176. The summed E-state index contributed by atoms with van der Waals surface area (Å²) in [6.07, 6.45) is 0. The van der Waals surface area contributed by atoms with Crippen molar-refractivity contribution in [3.05, 3.63) is 228 Å². The predicted octanol–water partition coefficient (Wildman–Crippen LogP) is 13.0. The molecule has 0 unspecified atom stereocenters. The largest absolute Gasteiger partial charge is 0.504 e. The Labute approximate surface area is 532 Å². The molecule has 0 heterocycles. The number of hydrogen-bond donors (Lipinski definition) is 11. The molecule has 11 rings (SSSR count). The van der Waals surface area contributed by atoms with Crippen LogP contribution in [0.2, 0.25) is 0 Å². The number of nitrogens with one attached hydrogen (secondary N) is 4. The minimum atomic E-state index is -1.03. The van der Waals surface area contributed by atoms with Crippen LogP contribution < -0.4 is 61.2 Å². The van der Waals surface area contributed by atoms with Gasteiger partial charge in [0.15, 0.2) is 57.5 Å². The van der Waals surface area contributed by atoms with Crippen molar-refractivity contribution in [2.24, 2.45) is 0 Å². The van der Waals surface area contributed by atoms with Gasteiger partial charge in [0.25, 0.3) is 23.6 Å². The number of carbonyl (C=O) groups is 5. The number of aromatic carboxylic acids is 1. The summed E-state index contributed by atoms with van der Waals surface area (Å²) in [7, 11) is 8.87. The molecule has 11 aromatic rings. The Kier molecular flexibility index (Phi) is 21.6. The molecule has 93 heavy (non-hydrogen) atoms. The number of amides is 4. The first-order valence-corrected chi connectivity index (χ1v) is 28.1. The maximum atomic E-state index is 13.1. The van der Waals surface area contributed by atoms with Crippen LogP contribution in [0.5, 0.6) is 57.5 Å². The van der Waals surface area contributed by atoms with E-state index in [-0.39, 0.29) is 34.3 Å². The molecular formula is C71H64N6O16. The van der Waals surface area contributed by atoms with Crippen LogP contribution in [0, 0.1) is 0 Å². The molecular weight excluding hydrogens is 1190 g/mol. The van der Waals surface area contributed by atoms with E-state index in [4.69, 9.17) is 45.0 Å². The number of nitrogens with two attached hydrogens (primary N) is 2. The van der Waals surface area contributed by atoms with Gasteiger partial charge >= 0.3 is 5.97 Å². The molecule has 0 radical (unpaired) electrons. The summed E-state index contributed by atoms with van der Waals surface area (Å²) in [5.41, 5.74) is 15.7. The van der Waals surface area contributed by atoms with Crippen LogP contribution in [0.15, 0.2) is 200 Å². The minimum absolute atomic E-state index is 0.0918. The van der Waals surface area contributed by atoms with Crippen LogP contribution in [0.4, 0.5) is 34.1 Å². The number of methoxy groups -OCH3 is 6. The van der Waals surface area contributed by atoms with Gasteiger partial charge in [0.1, 0.15) is 5.56 Å². The van der Waals surface area contributed by atoms with Crippen molar-refractivity contribution in [1.29, 1.82) is 0 Å². The molecule has 0 aliphatic rings. The minimum Gasteiger partial charge on any atom is -0.504 e. The van der Waals surface area contributed by atoms with Gasteiger partial charge in [0.05, 0.1) is 64.9 Å². The first-order valence-electron chi connectivity index (χ1n) is 28.1. The monoisotopic (exact) mass is 1260 g/mol. The van der Waals surface area contributed by atoms with E-state index in [9.17, 15) is 44.4 Å². The van der Waals surface area contributed by atoms with Gasteiger partial charge in [0.2, 0.25) is 0 Å². The SMILES string of the molecule is COc1cccc(C(=O)Nc2cccc3c(NC(=O)c4cccc(OC)c4OC)cccc23)c1OC.COc1cccc(C(=O)O)c1OC.Nc1cccc2c(N)cccc12.O=C(Nc1cccc2c(NC(=O)c3cccc(O)c3O)cccc12)c1cccc(O)c1O. The fourth-order valence-electron chi connectivity index (χ4n) is 9.79. The maximum Gasteiger partial charge on any atom is 0.339 e. The Morgan fingerprint density at radius 2 is 0.548 bits per heavy atom. The second-order valence-corrected chi connectivity index (χ2v) is 19.8. The van der Waals surface area contributed by atoms with Gasteiger partial charge in [-0.2, -0.15) is 0 Å². The summed E-state index contributed by atoms with van der Waals surface area (Å²) in [5.74, 6) is -2.56. The molecule has 0 fully saturated rings. The zero-order valence-electron chi connectivity index (χ0n) is 50.9. The Bertz CT molecular complexity index is 4340. The van der Waals surface area contributed by atoms with Gasteiger partial charge in [-0.05, 0) is 97.1 Å². The molecule has 0 spiro atoms. The van der Waals surface area contributed by atoms with Crippen molar-refractivity contribution in [1.82, 2.24) is 0 Å². The highest BCUT2D eigenvalue weighted by Gasteiger charge is 2.22. The number of phenols is 4. The highest BCUT2D eigenvalue weighted by molar-refractivity contribution is 6.17. The molecule has 0 bridgehead atoms. The van der Waals surface area contributed by atoms with E-state index in [1.165, 1.54) is 85.1 Å². The zero-order chi connectivity index (χ0) is 66.9. The lowest BCUT2D eigenvalue weighted by Crippen LogP contribution is -2.15. The summed E-state index contributed by atoms with van der Waals surface area (Å²) in [6, 6.07) is 55.7. The topological polar surface area (TPSA) is 342 Å². The van der Waals surface area contributed by atoms with Crippen LogP contribution in [0.25, 0.3) is 32.3 Å². The first kappa shape index (κ1) is 66.1. The van der Waals surface area contributed by atoms with Crippen LogP contribution >= 0.6 is 0 Å². The number of para-hydroxylation sites is 5. The van der Waals surface area contributed by atoms with E-state index in [0.717, 1.165) is 32.9 Å². The molecule has 0 aliphatic heterocycles. The second-order valence-electron chi connectivity index (χ2n) is 19.8. The number of benzene rings is 11. The standard InChI is InChI=1S/C28H26N2O6.C24H18N2O6.C10H10N2.C9H10O4/c1-33-23-15-7-11-19(25(23)35-3)27(31)29-21-13-5-10-18-17(21)9-6-14-22(18)30-28(32)20-12-8-16-24(34-2)26(20)36-4;27-19-11-3-7-15(21(19)29)23(31)25-17-9-1-5-13-14(17)6-2-10-18(13)26-24(32)16-8-4-12-20(28)22(16)30;11-9-5-1-3-7-8(9)4-2-6-10(7)12;1-12-7-5-3-4-6(9(10)11)8(7)13-2/h5-16H,1-4H3,(H,29,31)(H,30,32);1-12,27-30H,(H,25,31)(H,26,32);1-6H,11-12H2;3-5H,1-2H3,(H,10,11). The van der Waals surface area contributed by atoms with E-state index >= 15 is 0 Å². The lowest BCUT2D eigenvalue weighted by Gasteiger charge is -2.16. The van der Waals surface area contributed by atoms with Gasteiger partial charge in [0, 0.05) is 66.4 Å². The molecule has 0 atom stereocenters. The van der Waals surface area contributed by atoms with Crippen molar-refractivity contribution in [3.63, 3.8) is 0 Å². The number of hydrogen-bond acceptors (Lipinski definition) is 17. The van der Waals surface area contributed by atoms with E-state index in [1.54, 1.807) is 97.1 Å². The van der Waals surface area contributed by atoms with E-state index < -0.39 is 40.8 Å². The normalized spacial score (nSPS) is 10.3. The summed E-state index contributed by atoms with van der Waals surface area (Å²) >= 11 is 0. The van der Waals surface area contributed by atoms with E-state index in [1.807, 2.05) is 60.7 Å². The second kappa shape index (κ2) is 30.4. The number of aromatic hydroxyl groups is 4. The number of carbonyl (C=O) groups excluding carboxylic acids is 4. The van der Waals surface area contributed by atoms with Crippen LogP contribution in [0.3, 0.4) is 0 Å². The lowest BCUT2D eigenvalue weighted by molar-refractivity contribution is 0.0691. The average molecular weight is 1260 g/mol. The number of rotatable bonds is 15. The number of carboxylic acid groups (broad SMARTS) is 1. The lowest BCUT2D eigenvalue weighted by atomic mass is 10.1. The Morgan fingerprint density at radius 1 is 0.301 bits per heavy atom. The summed E-state index contributed by atoms with van der Waals surface area (Å²) < 4.78 is 31.3. The smallest absolute Gasteiger partial charge is 0.339 e. The quantitative estimate of drug-likeness (QED) is 0.0335. The summed E-state index contributed by atoms with van der Waals surface area (Å²) in [4.78, 5) is 62.3. The van der Waals surface area contributed by atoms with Gasteiger partial charge in [-0.1, -0.05) is 103 Å². The van der Waals surface area contributed by atoms with Gasteiger partial charge in [-0.25, -0.2) is 4.79 Å². The summed E-state index contributed by atoms with van der Waals surface area (Å²) in [5, 5.41) is 64.0. The third-order valence-corrected chi connectivity index (χ3v) is 14.3. The molecule has 0 aliphatic carbocycles. The molecule has 22 nitrogen and oxygen atoms in total. The zero-order valence-corrected chi connectivity index (χ0v) is 50.9. The number of phenolic OH excluding ortho intramolecular Hbond substituents is 4.